The zero-order valence-corrected chi connectivity index (χ0v) is 11.0. The van der Waals surface area contributed by atoms with Gasteiger partial charge in [-0.05, 0) is 25.1 Å². The lowest BCUT2D eigenvalue weighted by molar-refractivity contribution is 0.594. The molecule has 5 heteroatoms. The molecule has 0 N–H and O–H groups in total. The minimum atomic E-state index is -3.55. The summed E-state index contributed by atoms with van der Waals surface area (Å²) in [5, 5.41) is 0. The molecule has 1 radical (unpaired) electrons. The van der Waals surface area contributed by atoms with Crippen molar-refractivity contribution in [3.05, 3.63) is 54.4 Å². The van der Waals surface area contributed by atoms with Crippen LogP contribution in [0.1, 0.15) is 5.56 Å². The van der Waals surface area contributed by atoms with Gasteiger partial charge in [-0.3, -0.25) is 9.29 Å². The van der Waals surface area contributed by atoms with Gasteiger partial charge in [0.1, 0.15) is 0 Å². The van der Waals surface area contributed by atoms with Gasteiger partial charge in [0.15, 0.2) is 0 Å². The zero-order valence-electron chi connectivity index (χ0n) is 10.2. The number of hydrogen-bond donors (Lipinski definition) is 0. The lowest BCUT2D eigenvalue weighted by atomic mass is 10.2. The second-order valence-corrected chi connectivity index (χ2v) is 5.88. The highest BCUT2D eigenvalue weighted by Crippen LogP contribution is 2.20. The number of nitrogens with zero attached hydrogens (tertiary/aromatic N) is 2. The maximum atomic E-state index is 12.3. The summed E-state index contributed by atoms with van der Waals surface area (Å²) < 4.78 is 25.8. The molecule has 93 valence electrons. The molecule has 0 bridgehead atoms. The maximum Gasteiger partial charge on any atom is 0.264 e. The van der Waals surface area contributed by atoms with Crippen LogP contribution in [0.15, 0.2) is 47.6 Å². The molecular weight excluding hydrogens is 248 g/mol. The SMILES string of the molecule is Cc1ccc(S(=O)(=O)N(C)c2[c]ccnc2)cc1. The quantitative estimate of drug-likeness (QED) is 0.849. The molecule has 2 aromatic rings. The molecule has 0 saturated carbocycles. The zero-order chi connectivity index (χ0) is 13.2. The van der Waals surface area contributed by atoms with Crippen LogP contribution < -0.4 is 4.31 Å². The van der Waals surface area contributed by atoms with Crippen molar-refractivity contribution >= 4 is 15.7 Å². The molecule has 0 spiro atoms. The third-order valence-electron chi connectivity index (χ3n) is 2.61. The standard InChI is InChI=1S/C13H13N2O2S/c1-11-5-7-13(8-6-11)18(16,17)15(2)12-4-3-9-14-10-12/h3,5-10H,1-2H3. The fraction of sp³-hybridized carbons (Fsp3) is 0.154. The minimum absolute atomic E-state index is 0.257. The molecule has 0 atom stereocenters. The first kappa shape index (κ1) is 12.6. The Morgan fingerprint density at radius 3 is 2.44 bits per heavy atom. The van der Waals surface area contributed by atoms with Crippen molar-refractivity contribution in [2.75, 3.05) is 11.4 Å². The van der Waals surface area contributed by atoms with E-state index in [0.29, 0.717) is 5.69 Å². The second kappa shape index (κ2) is 4.78. The van der Waals surface area contributed by atoms with Gasteiger partial charge < -0.3 is 0 Å². The van der Waals surface area contributed by atoms with Crippen LogP contribution in [-0.2, 0) is 10.0 Å². The maximum absolute atomic E-state index is 12.3. The molecule has 0 aliphatic rings. The lowest BCUT2D eigenvalue weighted by Gasteiger charge is -2.18. The van der Waals surface area contributed by atoms with E-state index in [4.69, 9.17) is 0 Å². The van der Waals surface area contributed by atoms with Crippen LogP contribution in [0.4, 0.5) is 5.69 Å². The molecule has 0 saturated heterocycles. The van der Waals surface area contributed by atoms with Crippen LogP contribution in [-0.4, -0.2) is 20.4 Å². The highest BCUT2D eigenvalue weighted by Gasteiger charge is 2.21. The Balaban J connectivity index is 2.40. The Hall–Kier alpha value is -1.88. The van der Waals surface area contributed by atoms with Gasteiger partial charge >= 0.3 is 0 Å². The number of anilines is 1. The summed E-state index contributed by atoms with van der Waals surface area (Å²) in [6, 6.07) is 11.2. The molecule has 18 heavy (non-hydrogen) atoms. The van der Waals surface area contributed by atoms with E-state index in [9.17, 15) is 8.42 Å². The van der Waals surface area contributed by atoms with Gasteiger partial charge in [-0.2, -0.15) is 0 Å². The summed E-state index contributed by atoms with van der Waals surface area (Å²) in [7, 11) is -2.06. The van der Waals surface area contributed by atoms with Crippen LogP contribution in [0.5, 0.6) is 0 Å². The van der Waals surface area contributed by atoms with Crippen molar-refractivity contribution < 1.29 is 8.42 Å². The predicted molar refractivity (Wildman–Crippen MR) is 69.8 cm³/mol. The number of hydrogen-bond acceptors (Lipinski definition) is 3. The van der Waals surface area contributed by atoms with Crippen molar-refractivity contribution in [2.45, 2.75) is 11.8 Å². The molecule has 0 unspecified atom stereocenters. The Morgan fingerprint density at radius 1 is 1.22 bits per heavy atom. The van der Waals surface area contributed by atoms with Crippen LogP contribution in [0.3, 0.4) is 0 Å². The fourth-order valence-electron chi connectivity index (χ4n) is 1.49. The average Bonchev–Trinajstić information content (AvgIpc) is 2.39. The molecule has 1 aromatic carbocycles. The second-order valence-electron chi connectivity index (χ2n) is 3.91. The van der Waals surface area contributed by atoms with Crippen molar-refractivity contribution in [2.24, 2.45) is 0 Å². The van der Waals surface area contributed by atoms with E-state index in [1.165, 1.54) is 17.5 Å². The minimum Gasteiger partial charge on any atom is -0.267 e. The van der Waals surface area contributed by atoms with Gasteiger partial charge in [-0.15, -0.1) is 0 Å². The van der Waals surface area contributed by atoms with Gasteiger partial charge in [0.2, 0.25) is 0 Å². The largest absolute Gasteiger partial charge is 0.267 e. The van der Waals surface area contributed by atoms with Crippen LogP contribution in [0.25, 0.3) is 0 Å². The lowest BCUT2D eigenvalue weighted by Crippen LogP contribution is -2.26. The summed E-state index contributed by atoms with van der Waals surface area (Å²) in [6.07, 6.45) is 3.02. The summed E-state index contributed by atoms with van der Waals surface area (Å²) in [5.41, 5.74) is 1.43. The third-order valence-corrected chi connectivity index (χ3v) is 4.39. The van der Waals surface area contributed by atoms with Gasteiger partial charge in [-0.25, -0.2) is 8.42 Å². The molecule has 0 aliphatic heterocycles. The molecule has 0 fully saturated rings. The van der Waals surface area contributed by atoms with E-state index in [1.807, 2.05) is 6.92 Å². The fourth-order valence-corrected chi connectivity index (χ4v) is 2.64. The highest BCUT2D eigenvalue weighted by atomic mass is 32.2. The Bertz CT molecular complexity index is 622. The summed E-state index contributed by atoms with van der Waals surface area (Å²) in [5.74, 6) is 0. The van der Waals surface area contributed by atoms with Crippen molar-refractivity contribution in [1.82, 2.24) is 4.98 Å². The Labute approximate surface area is 107 Å². The van der Waals surface area contributed by atoms with Gasteiger partial charge in [0.25, 0.3) is 10.0 Å². The molecule has 1 heterocycles. The van der Waals surface area contributed by atoms with Crippen LogP contribution in [0, 0.1) is 13.0 Å². The van der Waals surface area contributed by atoms with E-state index < -0.39 is 10.0 Å². The number of rotatable bonds is 3. The first-order valence-electron chi connectivity index (χ1n) is 5.39. The Morgan fingerprint density at radius 2 is 1.89 bits per heavy atom. The third kappa shape index (κ3) is 2.36. The molecule has 2 rings (SSSR count). The number of aromatic nitrogens is 1. The first-order chi connectivity index (χ1) is 8.51. The number of aryl methyl sites for hydroxylation is 1. The summed E-state index contributed by atoms with van der Waals surface area (Å²) in [6.45, 7) is 1.91. The molecule has 4 nitrogen and oxygen atoms in total. The van der Waals surface area contributed by atoms with E-state index in [2.05, 4.69) is 11.1 Å². The number of sulfonamides is 1. The van der Waals surface area contributed by atoms with Gasteiger partial charge in [-0.1, -0.05) is 17.7 Å². The van der Waals surface area contributed by atoms with Gasteiger partial charge in [0.05, 0.1) is 16.8 Å². The van der Waals surface area contributed by atoms with Crippen molar-refractivity contribution in [3.63, 3.8) is 0 Å². The van der Waals surface area contributed by atoms with Crippen molar-refractivity contribution in [1.29, 1.82) is 0 Å². The molecule has 0 aliphatic carbocycles. The Kier molecular flexibility index (Phi) is 3.34. The smallest absolute Gasteiger partial charge is 0.264 e. The topological polar surface area (TPSA) is 50.3 Å². The number of benzene rings is 1. The highest BCUT2D eigenvalue weighted by molar-refractivity contribution is 7.92. The molecular formula is C13H13N2O2S. The summed E-state index contributed by atoms with van der Waals surface area (Å²) in [4.78, 5) is 4.15. The van der Waals surface area contributed by atoms with E-state index in [-0.39, 0.29) is 4.90 Å². The summed E-state index contributed by atoms with van der Waals surface area (Å²) >= 11 is 0. The average molecular weight is 261 g/mol. The first-order valence-corrected chi connectivity index (χ1v) is 6.83. The van der Waals surface area contributed by atoms with E-state index >= 15 is 0 Å². The molecule has 0 amide bonds. The van der Waals surface area contributed by atoms with E-state index in [0.717, 1.165) is 5.56 Å². The molecule has 1 aromatic heterocycles. The van der Waals surface area contributed by atoms with Crippen LogP contribution >= 0.6 is 0 Å². The number of pyridine rings is 1. The van der Waals surface area contributed by atoms with E-state index in [1.54, 1.807) is 36.5 Å². The predicted octanol–water partition coefficient (Wildman–Crippen LogP) is 2.02. The van der Waals surface area contributed by atoms with Crippen molar-refractivity contribution in [3.8, 4) is 0 Å². The van der Waals surface area contributed by atoms with Crippen LogP contribution in [0.2, 0.25) is 0 Å². The normalized spacial score (nSPS) is 11.2. The van der Waals surface area contributed by atoms with Gasteiger partial charge in [0, 0.05) is 19.3 Å². The monoisotopic (exact) mass is 261 g/mol.